The van der Waals surface area contributed by atoms with E-state index in [1.54, 1.807) is 0 Å². The number of carbonyl (C=O) groups is 1. The van der Waals surface area contributed by atoms with E-state index in [4.69, 9.17) is 11.6 Å². The van der Waals surface area contributed by atoms with E-state index in [1.807, 2.05) is 4.72 Å². The van der Waals surface area contributed by atoms with Gasteiger partial charge in [-0.05, 0) is 36.8 Å². The first kappa shape index (κ1) is 20.0. The van der Waals surface area contributed by atoms with Gasteiger partial charge in [0.1, 0.15) is 23.2 Å². The number of carbonyl (C=O) groups excluding carboxylic acids is 1. The minimum absolute atomic E-state index is 0.155. The predicted octanol–water partition coefficient (Wildman–Crippen LogP) is 3.45. The number of halogens is 3. The highest BCUT2D eigenvalue weighted by molar-refractivity contribution is 7.90. The van der Waals surface area contributed by atoms with Crippen molar-refractivity contribution in [3.05, 3.63) is 70.5 Å². The Hall–Kier alpha value is -2.78. The largest absolute Gasteiger partial charge is 0.333 e. The molecular formula is C18H14ClF2N3O3S. The van der Waals surface area contributed by atoms with Crippen molar-refractivity contribution < 1.29 is 22.0 Å². The summed E-state index contributed by atoms with van der Waals surface area (Å²) in [6.45, 7) is 1.50. The van der Waals surface area contributed by atoms with E-state index in [-0.39, 0.29) is 27.0 Å². The molecule has 0 aliphatic heterocycles. The molecule has 0 saturated carbocycles. The summed E-state index contributed by atoms with van der Waals surface area (Å²) in [4.78, 5) is 16.1. The number of aryl methyl sites for hydroxylation is 1. The molecule has 2 aromatic carbocycles. The first-order valence-corrected chi connectivity index (χ1v) is 9.78. The molecule has 0 saturated heterocycles. The van der Waals surface area contributed by atoms with Gasteiger partial charge in [0.2, 0.25) is 0 Å². The van der Waals surface area contributed by atoms with E-state index in [1.165, 1.54) is 49.0 Å². The van der Waals surface area contributed by atoms with Crippen LogP contribution in [0.4, 0.5) is 8.78 Å². The van der Waals surface area contributed by atoms with Crippen LogP contribution in [0.5, 0.6) is 0 Å². The number of hydrogen-bond acceptors (Lipinski definition) is 4. The molecule has 0 aliphatic rings. The SMILES string of the molecule is Cc1c(Cl)cccc1S(=O)(=O)NC(=O)c1cn(C)c(-c2c(F)cccc2F)n1. The molecule has 10 heteroatoms. The van der Waals surface area contributed by atoms with Crippen molar-refractivity contribution in [3.63, 3.8) is 0 Å². The average molecular weight is 426 g/mol. The summed E-state index contributed by atoms with van der Waals surface area (Å²) in [7, 11) is -2.80. The summed E-state index contributed by atoms with van der Waals surface area (Å²) < 4.78 is 56.1. The molecule has 1 aromatic heterocycles. The fourth-order valence-electron chi connectivity index (χ4n) is 2.63. The quantitative estimate of drug-likeness (QED) is 0.694. The van der Waals surface area contributed by atoms with Crippen LogP contribution in [0.25, 0.3) is 11.4 Å². The van der Waals surface area contributed by atoms with Crippen LogP contribution in [0, 0.1) is 18.6 Å². The lowest BCUT2D eigenvalue weighted by molar-refractivity contribution is 0.0977. The summed E-state index contributed by atoms with van der Waals surface area (Å²) in [6.07, 6.45) is 1.18. The van der Waals surface area contributed by atoms with Crippen molar-refractivity contribution in [2.24, 2.45) is 7.05 Å². The second-order valence-electron chi connectivity index (χ2n) is 5.95. The van der Waals surface area contributed by atoms with Crippen LogP contribution in [0.3, 0.4) is 0 Å². The first-order chi connectivity index (χ1) is 13.1. The van der Waals surface area contributed by atoms with Crippen LogP contribution >= 0.6 is 11.6 Å². The molecule has 0 unspecified atom stereocenters. The van der Waals surface area contributed by atoms with Gasteiger partial charge >= 0.3 is 0 Å². The van der Waals surface area contributed by atoms with Gasteiger partial charge in [-0.1, -0.05) is 23.7 Å². The zero-order valence-electron chi connectivity index (χ0n) is 14.7. The van der Waals surface area contributed by atoms with Crippen molar-refractivity contribution in [1.29, 1.82) is 0 Å². The highest BCUT2D eigenvalue weighted by Gasteiger charge is 2.25. The summed E-state index contributed by atoms with van der Waals surface area (Å²) >= 11 is 5.93. The lowest BCUT2D eigenvalue weighted by Crippen LogP contribution is -2.31. The average Bonchev–Trinajstić information content (AvgIpc) is 2.98. The Bertz CT molecular complexity index is 1170. The second kappa shape index (κ2) is 7.33. The number of nitrogens with one attached hydrogen (secondary N) is 1. The molecule has 28 heavy (non-hydrogen) atoms. The Morgan fingerprint density at radius 1 is 1.14 bits per heavy atom. The van der Waals surface area contributed by atoms with Gasteiger partial charge in [0.25, 0.3) is 15.9 Å². The third kappa shape index (κ3) is 3.63. The first-order valence-electron chi connectivity index (χ1n) is 7.92. The fourth-order valence-corrected chi connectivity index (χ4v) is 4.09. The molecule has 1 N–H and O–H groups in total. The molecule has 1 heterocycles. The van der Waals surface area contributed by atoms with Crippen LogP contribution in [-0.2, 0) is 17.1 Å². The number of amides is 1. The van der Waals surface area contributed by atoms with E-state index in [9.17, 15) is 22.0 Å². The minimum atomic E-state index is -4.23. The van der Waals surface area contributed by atoms with Gasteiger partial charge in [0, 0.05) is 18.3 Å². The molecule has 0 bridgehead atoms. The Labute approximate surface area is 164 Å². The van der Waals surface area contributed by atoms with E-state index in [2.05, 4.69) is 4.98 Å². The molecule has 1 amide bonds. The van der Waals surface area contributed by atoms with Crippen LogP contribution in [0.1, 0.15) is 16.1 Å². The summed E-state index contributed by atoms with van der Waals surface area (Å²) in [5.41, 5.74) is -0.458. The standard InChI is InChI=1S/C18H14ClF2N3O3S/c1-10-11(19)5-3-8-15(10)28(26,27)23-18(25)14-9-24(2)17(22-14)16-12(20)6-4-7-13(16)21/h3-9H,1-2H3,(H,23,25). The highest BCUT2D eigenvalue weighted by atomic mass is 35.5. The van der Waals surface area contributed by atoms with Crippen LogP contribution in [0.2, 0.25) is 5.02 Å². The zero-order chi connectivity index (χ0) is 20.6. The van der Waals surface area contributed by atoms with Gasteiger partial charge in [0.15, 0.2) is 0 Å². The number of benzene rings is 2. The minimum Gasteiger partial charge on any atom is -0.333 e. The number of rotatable bonds is 4. The number of imidazole rings is 1. The maximum absolute atomic E-state index is 14.0. The molecule has 3 aromatic rings. The van der Waals surface area contributed by atoms with Crippen molar-refractivity contribution in [1.82, 2.24) is 14.3 Å². The number of aromatic nitrogens is 2. The van der Waals surface area contributed by atoms with Crippen LogP contribution < -0.4 is 4.72 Å². The van der Waals surface area contributed by atoms with Gasteiger partial charge in [-0.25, -0.2) is 26.9 Å². The molecule has 6 nitrogen and oxygen atoms in total. The summed E-state index contributed by atoms with van der Waals surface area (Å²) in [5.74, 6) is -2.92. The van der Waals surface area contributed by atoms with Gasteiger partial charge in [-0.15, -0.1) is 0 Å². The molecular weight excluding hydrogens is 412 g/mol. The van der Waals surface area contributed by atoms with Gasteiger partial charge < -0.3 is 4.57 Å². The number of hydrogen-bond donors (Lipinski definition) is 1. The zero-order valence-corrected chi connectivity index (χ0v) is 16.3. The Kier molecular flexibility index (Phi) is 5.22. The summed E-state index contributed by atoms with van der Waals surface area (Å²) in [6, 6.07) is 7.57. The molecule has 0 aliphatic carbocycles. The lowest BCUT2D eigenvalue weighted by Gasteiger charge is -2.09. The van der Waals surface area contributed by atoms with Crippen molar-refractivity contribution in [3.8, 4) is 11.4 Å². The van der Waals surface area contributed by atoms with Gasteiger partial charge in [-0.2, -0.15) is 0 Å². The maximum Gasteiger partial charge on any atom is 0.285 e. The Morgan fingerprint density at radius 2 is 1.75 bits per heavy atom. The molecule has 0 spiro atoms. The lowest BCUT2D eigenvalue weighted by atomic mass is 10.2. The van der Waals surface area contributed by atoms with Gasteiger partial charge in [-0.3, -0.25) is 4.79 Å². The van der Waals surface area contributed by atoms with Crippen molar-refractivity contribution in [2.45, 2.75) is 11.8 Å². The van der Waals surface area contributed by atoms with Crippen molar-refractivity contribution in [2.75, 3.05) is 0 Å². The smallest absolute Gasteiger partial charge is 0.285 e. The third-order valence-corrected chi connectivity index (χ3v) is 5.91. The molecule has 0 atom stereocenters. The second-order valence-corrected chi connectivity index (χ2v) is 8.01. The van der Waals surface area contributed by atoms with Crippen LogP contribution in [0.15, 0.2) is 47.5 Å². The molecule has 3 rings (SSSR count). The van der Waals surface area contributed by atoms with E-state index >= 15 is 0 Å². The topological polar surface area (TPSA) is 81.1 Å². The molecule has 0 radical (unpaired) electrons. The van der Waals surface area contributed by atoms with E-state index < -0.39 is 33.1 Å². The number of sulfonamides is 1. The fraction of sp³-hybridized carbons (Fsp3) is 0.111. The molecule has 0 fully saturated rings. The molecule has 146 valence electrons. The summed E-state index contributed by atoms with van der Waals surface area (Å²) in [5, 5.41) is 0.227. The maximum atomic E-state index is 14.0. The monoisotopic (exact) mass is 425 g/mol. The number of nitrogens with zero attached hydrogens (tertiary/aromatic N) is 2. The Morgan fingerprint density at radius 3 is 2.39 bits per heavy atom. The van der Waals surface area contributed by atoms with Gasteiger partial charge in [0.05, 0.1) is 10.5 Å². The van der Waals surface area contributed by atoms with Crippen LogP contribution in [-0.4, -0.2) is 23.9 Å². The normalized spacial score (nSPS) is 11.5. The van der Waals surface area contributed by atoms with E-state index in [0.29, 0.717) is 0 Å². The van der Waals surface area contributed by atoms with Crippen molar-refractivity contribution >= 4 is 27.5 Å². The Balaban J connectivity index is 1.95. The third-order valence-electron chi connectivity index (χ3n) is 4.03. The predicted molar refractivity (Wildman–Crippen MR) is 99.4 cm³/mol. The van der Waals surface area contributed by atoms with E-state index in [0.717, 1.165) is 12.1 Å². The highest BCUT2D eigenvalue weighted by Crippen LogP contribution is 2.26.